The Hall–Kier alpha value is -2.58. The van der Waals surface area contributed by atoms with Crippen LogP contribution in [0.5, 0.6) is 0 Å². The number of halogens is 1. The molecule has 116 valence electrons. The number of aromatic nitrogens is 1. The highest BCUT2D eigenvalue weighted by Gasteiger charge is 2.19. The van der Waals surface area contributed by atoms with E-state index < -0.39 is 0 Å². The van der Waals surface area contributed by atoms with Crippen LogP contribution < -0.4 is 0 Å². The Morgan fingerprint density at radius 2 is 0.917 bits per heavy atom. The van der Waals surface area contributed by atoms with Crippen LogP contribution in [-0.4, -0.2) is 4.98 Å². The Kier molecular flexibility index (Phi) is 4.06. The number of hydrogen-bond acceptors (Lipinski definition) is 0. The second-order valence-electron chi connectivity index (χ2n) is 5.66. The van der Waals surface area contributed by atoms with Gasteiger partial charge in [0.05, 0.1) is 15.9 Å². The molecule has 4 rings (SSSR count). The van der Waals surface area contributed by atoms with Gasteiger partial charge in [0.2, 0.25) is 0 Å². The Bertz CT molecular complexity index is 941. The molecule has 0 atom stereocenters. The maximum absolute atomic E-state index is 3.84. The third-order valence-electron chi connectivity index (χ3n) is 4.13. The first-order valence-corrected chi connectivity index (χ1v) is 8.71. The number of rotatable bonds is 3. The molecule has 0 amide bonds. The SMILES string of the molecule is Brc1c(-c2ccccc2)[nH]c(-c2ccccc2)c1-c1ccccc1. The molecule has 3 aromatic carbocycles. The zero-order chi connectivity index (χ0) is 16.4. The summed E-state index contributed by atoms with van der Waals surface area (Å²) in [5, 5.41) is 0. The summed E-state index contributed by atoms with van der Waals surface area (Å²) in [4.78, 5) is 3.63. The van der Waals surface area contributed by atoms with Crippen LogP contribution in [0.15, 0.2) is 95.5 Å². The van der Waals surface area contributed by atoms with Gasteiger partial charge in [0, 0.05) is 5.56 Å². The largest absolute Gasteiger partial charge is 0.353 e. The van der Waals surface area contributed by atoms with Crippen molar-refractivity contribution in [3.8, 4) is 33.6 Å². The Morgan fingerprint density at radius 3 is 1.42 bits per heavy atom. The topological polar surface area (TPSA) is 15.8 Å². The lowest BCUT2D eigenvalue weighted by Crippen LogP contribution is -1.82. The maximum Gasteiger partial charge on any atom is 0.0609 e. The standard InChI is InChI=1S/C22H16BrN/c23-20-19(16-10-4-1-5-11-16)21(17-12-6-2-7-13-17)24-22(20)18-14-8-3-9-15-18/h1-15,24H. The lowest BCUT2D eigenvalue weighted by Gasteiger charge is -2.05. The number of H-pyrrole nitrogens is 1. The van der Waals surface area contributed by atoms with E-state index in [0.717, 1.165) is 15.9 Å². The highest BCUT2D eigenvalue weighted by atomic mass is 79.9. The summed E-state index contributed by atoms with van der Waals surface area (Å²) < 4.78 is 1.10. The van der Waals surface area contributed by atoms with E-state index in [1.54, 1.807) is 0 Å². The van der Waals surface area contributed by atoms with Crippen LogP contribution >= 0.6 is 15.9 Å². The average Bonchev–Trinajstić information content (AvgIpc) is 3.01. The molecule has 0 saturated carbocycles. The van der Waals surface area contributed by atoms with Gasteiger partial charge in [-0.1, -0.05) is 91.0 Å². The van der Waals surface area contributed by atoms with Crippen molar-refractivity contribution >= 4 is 15.9 Å². The monoisotopic (exact) mass is 373 g/mol. The summed E-state index contributed by atoms with van der Waals surface area (Å²) in [6, 6.07) is 31.4. The summed E-state index contributed by atoms with van der Waals surface area (Å²) in [5.74, 6) is 0. The summed E-state index contributed by atoms with van der Waals surface area (Å²) in [7, 11) is 0. The van der Waals surface area contributed by atoms with Crippen molar-refractivity contribution in [2.75, 3.05) is 0 Å². The van der Waals surface area contributed by atoms with Crippen molar-refractivity contribution in [3.05, 3.63) is 95.5 Å². The molecule has 0 saturated heterocycles. The van der Waals surface area contributed by atoms with Crippen molar-refractivity contribution < 1.29 is 0 Å². The zero-order valence-corrected chi connectivity index (χ0v) is 14.6. The number of hydrogen-bond donors (Lipinski definition) is 1. The zero-order valence-electron chi connectivity index (χ0n) is 13.0. The minimum absolute atomic E-state index is 1.10. The van der Waals surface area contributed by atoms with E-state index in [2.05, 4.69) is 93.7 Å². The van der Waals surface area contributed by atoms with Crippen molar-refractivity contribution in [1.82, 2.24) is 4.98 Å². The molecule has 1 nitrogen and oxygen atoms in total. The molecule has 0 aliphatic carbocycles. The normalized spacial score (nSPS) is 10.7. The summed E-state index contributed by atoms with van der Waals surface area (Å²) in [5.41, 5.74) is 6.98. The molecule has 1 heterocycles. The molecule has 24 heavy (non-hydrogen) atoms. The van der Waals surface area contributed by atoms with Gasteiger partial charge in [-0.15, -0.1) is 0 Å². The summed E-state index contributed by atoms with van der Waals surface area (Å²) in [6.07, 6.45) is 0. The smallest absolute Gasteiger partial charge is 0.0609 e. The predicted octanol–water partition coefficient (Wildman–Crippen LogP) is 6.78. The lowest BCUT2D eigenvalue weighted by atomic mass is 10.0. The highest BCUT2D eigenvalue weighted by Crippen LogP contribution is 2.43. The van der Waals surface area contributed by atoms with Gasteiger partial charge in [-0.25, -0.2) is 0 Å². The molecule has 1 N–H and O–H groups in total. The first kappa shape index (κ1) is 15.0. The fourth-order valence-corrected chi connectivity index (χ4v) is 3.73. The molecule has 0 fully saturated rings. The summed E-state index contributed by atoms with van der Waals surface area (Å²) in [6.45, 7) is 0. The second-order valence-corrected chi connectivity index (χ2v) is 6.46. The van der Waals surface area contributed by atoms with Crippen LogP contribution in [0, 0.1) is 0 Å². The van der Waals surface area contributed by atoms with Crippen molar-refractivity contribution in [1.29, 1.82) is 0 Å². The minimum Gasteiger partial charge on any atom is -0.353 e. The average molecular weight is 374 g/mol. The number of benzene rings is 3. The highest BCUT2D eigenvalue weighted by molar-refractivity contribution is 9.10. The first-order chi connectivity index (χ1) is 11.8. The van der Waals surface area contributed by atoms with Crippen molar-refractivity contribution in [3.63, 3.8) is 0 Å². The van der Waals surface area contributed by atoms with Gasteiger partial charge in [0.15, 0.2) is 0 Å². The Balaban J connectivity index is 1.99. The van der Waals surface area contributed by atoms with E-state index in [9.17, 15) is 0 Å². The lowest BCUT2D eigenvalue weighted by molar-refractivity contribution is 1.39. The number of aromatic amines is 1. The summed E-state index contributed by atoms with van der Waals surface area (Å²) >= 11 is 3.84. The van der Waals surface area contributed by atoms with E-state index in [-0.39, 0.29) is 0 Å². The van der Waals surface area contributed by atoms with Gasteiger partial charge in [-0.05, 0) is 32.6 Å². The molecule has 1 aromatic heterocycles. The van der Waals surface area contributed by atoms with Gasteiger partial charge in [-0.3, -0.25) is 0 Å². The van der Waals surface area contributed by atoms with Crippen molar-refractivity contribution in [2.24, 2.45) is 0 Å². The van der Waals surface area contributed by atoms with Gasteiger partial charge < -0.3 is 4.98 Å². The molecular weight excluding hydrogens is 358 g/mol. The fraction of sp³-hybridized carbons (Fsp3) is 0. The predicted molar refractivity (Wildman–Crippen MR) is 105 cm³/mol. The van der Waals surface area contributed by atoms with E-state index >= 15 is 0 Å². The Labute approximate surface area is 150 Å². The quantitative estimate of drug-likeness (QED) is 0.407. The van der Waals surface area contributed by atoms with Gasteiger partial charge >= 0.3 is 0 Å². The Morgan fingerprint density at radius 1 is 0.500 bits per heavy atom. The molecule has 0 unspecified atom stereocenters. The fourth-order valence-electron chi connectivity index (χ4n) is 2.98. The van der Waals surface area contributed by atoms with E-state index in [1.807, 2.05) is 18.2 Å². The molecule has 2 heteroatoms. The molecule has 0 bridgehead atoms. The van der Waals surface area contributed by atoms with Gasteiger partial charge in [0.1, 0.15) is 0 Å². The van der Waals surface area contributed by atoms with Crippen LogP contribution in [0.1, 0.15) is 0 Å². The minimum atomic E-state index is 1.10. The molecule has 0 aliphatic rings. The third-order valence-corrected chi connectivity index (χ3v) is 4.92. The van der Waals surface area contributed by atoms with Gasteiger partial charge in [-0.2, -0.15) is 0 Å². The van der Waals surface area contributed by atoms with E-state index in [1.165, 1.54) is 22.3 Å². The molecule has 4 aromatic rings. The van der Waals surface area contributed by atoms with Crippen LogP contribution in [0.2, 0.25) is 0 Å². The molecule has 0 aliphatic heterocycles. The molecular formula is C22H16BrN. The second kappa shape index (κ2) is 6.50. The van der Waals surface area contributed by atoms with Crippen LogP contribution in [0.3, 0.4) is 0 Å². The van der Waals surface area contributed by atoms with Gasteiger partial charge in [0.25, 0.3) is 0 Å². The third kappa shape index (κ3) is 2.70. The van der Waals surface area contributed by atoms with Crippen LogP contribution in [0.25, 0.3) is 33.6 Å². The first-order valence-electron chi connectivity index (χ1n) is 7.92. The molecule has 0 radical (unpaired) electrons. The van der Waals surface area contributed by atoms with Crippen LogP contribution in [-0.2, 0) is 0 Å². The van der Waals surface area contributed by atoms with E-state index in [4.69, 9.17) is 0 Å². The van der Waals surface area contributed by atoms with E-state index in [0.29, 0.717) is 0 Å². The van der Waals surface area contributed by atoms with Crippen LogP contribution in [0.4, 0.5) is 0 Å². The maximum atomic E-state index is 3.84. The molecule has 0 spiro atoms. The van der Waals surface area contributed by atoms with Crippen molar-refractivity contribution in [2.45, 2.75) is 0 Å². The number of nitrogens with one attached hydrogen (secondary N) is 1.